The van der Waals surface area contributed by atoms with Crippen LogP contribution in [-0.2, 0) is 11.4 Å². The highest BCUT2D eigenvalue weighted by molar-refractivity contribution is 6.32. The van der Waals surface area contributed by atoms with Crippen molar-refractivity contribution in [3.8, 4) is 17.6 Å². The molecule has 0 radical (unpaired) electrons. The number of ether oxygens (including phenoxy) is 2. The Morgan fingerprint density at radius 2 is 1.88 bits per heavy atom. The third-order valence-electron chi connectivity index (χ3n) is 4.51. The number of carbonyl (C=O) groups excluding carboxylic acids is 1. The zero-order chi connectivity index (χ0) is 22.9. The van der Waals surface area contributed by atoms with Crippen molar-refractivity contribution in [3.63, 3.8) is 0 Å². The fourth-order valence-corrected chi connectivity index (χ4v) is 3.34. The summed E-state index contributed by atoms with van der Waals surface area (Å²) in [5.41, 5.74) is 3.26. The predicted molar refractivity (Wildman–Crippen MR) is 127 cm³/mol. The fourth-order valence-electron chi connectivity index (χ4n) is 3.07. The van der Waals surface area contributed by atoms with Crippen LogP contribution in [0.25, 0.3) is 6.08 Å². The van der Waals surface area contributed by atoms with Crippen LogP contribution in [0.3, 0.4) is 0 Å². The van der Waals surface area contributed by atoms with Crippen LogP contribution < -0.4 is 14.8 Å². The molecular formula is C26H23ClN2O3. The number of nitriles is 1. The molecule has 0 spiro atoms. The number of aryl methyl sites for hydroxylation is 1. The van der Waals surface area contributed by atoms with E-state index in [0.717, 1.165) is 11.1 Å². The number of carbonyl (C=O) groups is 1. The summed E-state index contributed by atoms with van der Waals surface area (Å²) in [5, 5.41) is 12.5. The van der Waals surface area contributed by atoms with E-state index in [4.69, 9.17) is 21.1 Å². The molecule has 0 aliphatic carbocycles. The van der Waals surface area contributed by atoms with Crippen molar-refractivity contribution in [1.29, 1.82) is 5.26 Å². The monoisotopic (exact) mass is 446 g/mol. The summed E-state index contributed by atoms with van der Waals surface area (Å²) >= 11 is 6.49. The van der Waals surface area contributed by atoms with Gasteiger partial charge in [0.1, 0.15) is 18.2 Å². The molecule has 1 N–H and O–H groups in total. The quantitative estimate of drug-likeness (QED) is 0.331. The Balaban J connectivity index is 1.85. The molecule has 6 heteroatoms. The maximum absolute atomic E-state index is 12.5. The summed E-state index contributed by atoms with van der Waals surface area (Å²) in [6, 6.07) is 22.2. The number of halogens is 1. The lowest BCUT2D eigenvalue weighted by Gasteiger charge is -2.15. The fraction of sp³-hybridized carbons (Fsp3) is 0.154. The van der Waals surface area contributed by atoms with Crippen LogP contribution in [0.2, 0.25) is 5.02 Å². The van der Waals surface area contributed by atoms with Crippen LogP contribution in [0.15, 0.2) is 72.3 Å². The van der Waals surface area contributed by atoms with E-state index in [-0.39, 0.29) is 5.57 Å². The van der Waals surface area contributed by atoms with Gasteiger partial charge in [-0.15, -0.1) is 0 Å². The van der Waals surface area contributed by atoms with Gasteiger partial charge in [0.05, 0.1) is 11.6 Å². The smallest absolute Gasteiger partial charge is 0.266 e. The number of anilines is 1. The summed E-state index contributed by atoms with van der Waals surface area (Å²) in [7, 11) is 0. The lowest BCUT2D eigenvalue weighted by Crippen LogP contribution is -2.13. The van der Waals surface area contributed by atoms with Crippen LogP contribution >= 0.6 is 11.6 Å². The van der Waals surface area contributed by atoms with Crippen molar-refractivity contribution in [2.75, 3.05) is 11.9 Å². The average molecular weight is 447 g/mol. The number of amides is 1. The first-order chi connectivity index (χ1) is 15.5. The standard InChI is InChI=1S/C26H23ClN2O3/c1-3-31-24-15-20(13-21(16-28)26(30)29-22-10-5-4-6-11-22)14-23(27)25(24)32-17-19-9-7-8-18(2)12-19/h4-15H,3,17H2,1-2H3,(H,29,30)/b21-13+. The first-order valence-corrected chi connectivity index (χ1v) is 10.5. The second-order valence-corrected chi connectivity index (χ2v) is 7.44. The van der Waals surface area contributed by atoms with E-state index in [0.29, 0.717) is 41.0 Å². The Bertz CT molecular complexity index is 1170. The van der Waals surface area contributed by atoms with Gasteiger partial charge < -0.3 is 14.8 Å². The van der Waals surface area contributed by atoms with E-state index in [1.165, 1.54) is 6.08 Å². The van der Waals surface area contributed by atoms with Crippen molar-refractivity contribution in [2.45, 2.75) is 20.5 Å². The molecule has 0 heterocycles. The van der Waals surface area contributed by atoms with Gasteiger partial charge in [0.2, 0.25) is 0 Å². The highest BCUT2D eigenvalue weighted by Gasteiger charge is 2.15. The van der Waals surface area contributed by atoms with Gasteiger partial charge >= 0.3 is 0 Å². The van der Waals surface area contributed by atoms with Gasteiger partial charge in [-0.05, 0) is 55.3 Å². The number of nitrogens with one attached hydrogen (secondary N) is 1. The van der Waals surface area contributed by atoms with Gasteiger partial charge in [0.25, 0.3) is 5.91 Å². The molecule has 0 bridgehead atoms. The van der Waals surface area contributed by atoms with Gasteiger partial charge in [0.15, 0.2) is 11.5 Å². The maximum atomic E-state index is 12.5. The number of nitrogens with zero attached hydrogens (tertiary/aromatic N) is 1. The molecular weight excluding hydrogens is 424 g/mol. The third-order valence-corrected chi connectivity index (χ3v) is 4.79. The number of rotatable bonds is 8. The molecule has 3 rings (SSSR count). The van der Waals surface area contributed by atoms with E-state index >= 15 is 0 Å². The SMILES string of the molecule is CCOc1cc(/C=C(\C#N)C(=O)Nc2ccccc2)cc(Cl)c1OCc1cccc(C)c1. The largest absolute Gasteiger partial charge is 0.490 e. The molecule has 0 fully saturated rings. The average Bonchev–Trinajstić information content (AvgIpc) is 2.78. The first-order valence-electron chi connectivity index (χ1n) is 10.1. The van der Waals surface area contributed by atoms with Gasteiger partial charge in [0, 0.05) is 5.69 Å². The van der Waals surface area contributed by atoms with Gasteiger partial charge in [-0.2, -0.15) is 5.26 Å². The molecule has 0 saturated carbocycles. The molecule has 1 amide bonds. The van der Waals surface area contributed by atoms with Crippen LogP contribution in [-0.4, -0.2) is 12.5 Å². The molecule has 0 atom stereocenters. The number of benzene rings is 3. The Morgan fingerprint density at radius 3 is 2.56 bits per heavy atom. The predicted octanol–water partition coefficient (Wildman–Crippen LogP) is 6.17. The highest BCUT2D eigenvalue weighted by atomic mass is 35.5. The van der Waals surface area contributed by atoms with Crippen molar-refractivity contribution in [3.05, 3.63) is 94.0 Å². The van der Waals surface area contributed by atoms with Crippen LogP contribution in [0, 0.1) is 18.3 Å². The molecule has 162 valence electrons. The summed E-state index contributed by atoms with van der Waals surface area (Å²) in [6.45, 7) is 4.61. The van der Waals surface area contributed by atoms with Crippen molar-refractivity contribution in [1.82, 2.24) is 0 Å². The topological polar surface area (TPSA) is 71.3 Å². The van der Waals surface area contributed by atoms with Gasteiger partial charge in [-0.25, -0.2) is 0 Å². The Labute approximate surface area is 192 Å². The third kappa shape index (κ3) is 6.13. The molecule has 3 aromatic rings. The molecule has 0 aromatic heterocycles. The van der Waals surface area contributed by atoms with Crippen molar-refractivity contribution >= 4 is 29.3 Å². The molecule has 3 aromatic carbocycles. The first kappa shape index (κ1) is 22.9. The summed E-state index contributed by atoms with van der Waals surface area (Å²) < 4.78 is 11.7. The highest BCUT2D eigenvalue weighted by Crippen LogP contribution is 2.38. The normalized spacial score (nSPS) is 10.9. The maximum Gasteiger partial charge on any atom is 0.266 e. The molecule has 0 aliphatic heterocycles. The lowest BCUT2D eigenvalue weighted by molar-refractivity contribution is -0.112. The zero-order valence-corrected chi connectivity index (χ0v) is 18.6. The molecule has 0 aliphatic rings. The molecule has 0 saturated heterocycles. The zero-order valence-electron chi connectivity index (χ0n) is 17.9. The number of hydrogen-bond acceptors (Lipinski definition) is 4. The second kappa shape index (κ2) is 11.0. The van der Waals surface area contributed by atoms with E-state index in [1.54, 1.807) is 36.4 Å². The number of para-hydroxylation sites is 1. The Kier molecular flexibility index (Phi) is 7.91. The minimum atomic E-state index is -0.507. The Hall–Kier alpha value is -3.75. The van der Waals surface area contributed by atoms with E-state index in [2.05, 4.69) is 5.32 Å². The van der Waals surface area contributed by atoms with Crippen LogP contribution in [0.4, 0.5) is 5.69 Å². The van der Waals surface area contributed by atoms with Crippen LogP contribution in [0.1, 0.15) is 23.6 Å². The van der Waals surface area contributed by atoms with E-state index < -0.39 is 5.91 Å². The van der Waals surface area contributed by atoms with Crippen molar-refractivity contribution < 1.29 is 14.3 Å². The molecule has 32 heavy (non-hydrogen) atoms. The van der Waals surface area contributed by atoms with Crippen LogP contribution in [0.5, 0.6) is 11.5 Å². The van der Waals surface area contributed by atoms with Gasteiger partial charge in [-0.1, -0.05) is 59.6 Å². The van der Waals surface area contributed by atoms with E-state index in [1.807, 2.05) is 50.2 Å². The summed E-state index contributed by atoms with van der Waals surface area (Å²) in [6.07, 6.45) is 1.47. The second-order valence-electron chi connectivity index (χ2n) is 7.03. The Morgan fingerprint density at radius 1 is 1.09 bits per heavy atom. The minimum absolute atomic E-state index is 0.0548. The lowest BCUT2D eigenvalue weighted by atomic mass is 10.1. The summed E-state index contributed by atoms with van der Waals surface area (Å²) in [5.74, 6) is 0.353. The van der Waals surface area contributed by atoms with E-state index in [9.17, 15) is 10.1 Å². The van der Waals surface area contributed by atoms with Gasteiger partial charge in [-0.3, -0.25) is 4.79 Å². The molecule has 0 unspecified atom stereocenters. The number of hydrogen-bond donors (Lipinski definition) is 1. The minimum Gasteiger partial charge on any atom is -0.490 e. The molecule has 5 nitrogen and oxygen atoms in total. The summed E-state index contributed by atoms with van der Waals surface area (Å²) in [4.78, 5) is 12.5. The van der Waals surface area contributed by atoms with Crippen molar-refractivity contribution in [2.24, 2.45) is 0 Å².